The van der Waals surface area contributed by atoms with E-state index in [2.05, 4.69) is 15.2 Å². The number of carbonyl (C=O) groups is 1. The number of rotatable bonds is 8. The first-order valence-electron chi connectivity index (χ1n) is 9.45. The fourth-order valence-electron chi connectivity index (χ4n) is 2.67. The SMILES string of the molecule is COc1ccc(C=CC(=O)Nc2ccc(S(=O)(=O)[N-]c3onc(C)c3C)cc2)cc1OC. The molecule has 168 valence electrons. The molecule has 0 spiro atoms. The number of methoxy groups -OCH3 is 2. The van der Waals surface area contributed by atoms with Crippen LogP contribution in [0.25, 0.3) is 10.8 Å². The lowest BCUT2D eigenvalue weighted by Gasteiger charge is -2.19. The molecule has 1 amide bonds. The van der Waals surface area contributed by atoms with Gasteiger partial charge in [0.25, 0.3) is 0 Å². The third-order valence-corrected chi connectivity index (χ3v) is 5.86. The van der Waals surface area contributed by atoms with Crippen molar-refractivity contribution in [3.63, 3.8) is 0 Å². The maximum absolute atomic E-state index is 12.5. The number of sulfonamides is 1. The van der Waals surface area contributed by atoms with Crippen LogP contribution in [0.15, 0.2) is 58.0 Å². The molecule has 10 heteroatoms. The van der Waals surface area contributed by atoms with Crippen LogP contribution in [0.4, 0.5) is 11.6 Å². The predicted molar refractivity (Wildman–Crippen MR) is 120 cm³/mol. The van der Waals surface area contributed by atoms with Crippen LogP contribution in [0.2, 0.25) is 0 Å². The smallest absolute Gasteiger partial charge is 0.248 e. The van der Waals surface area contributed by atoms with Gasteiger partial charge in [-0.25, -0.2) is 8.42 Å². The van der Waals surface area contributed by atoms with Crippen molar-refractivity contribution in [1.29, 1.82) is 0 Å². The van der Waals surface area contributed by atoms with Gasteiger partial charge in [-0.05, 0) is 67.4 Å². The molecule has 32 heavy (non-hydrogen) atoms. The van der Waals surface area contributed by atoms with E-state index in [9.17, 15) is 13.2 Å². The van der Waals surface area contributed by atoms with Crippen LogP contribution >= 0.6 is 0 Å². The second-order valence-electron chi connectivity index (χ2n) is 6.73. The van der Waals surface area contributed by atoms with Crippen molar-refractivity contribution in [2.75, 3.05) is 19.5 Å². The molecule has 0 aliphatic carbocycles. The average molecular weight is 457 g/mol. The summed E-state index contributed by atoms with van der Waals surface area (Å²) in [6, 6.07) is 10.9. The standard InChI is InChI=1S/C22H23N3O6S/c1-14-15(2)24-31-22(14)25-32(27,28)18-9-7-17(8-10-18)23-21(26)12-6-16-5-11-19(29-3)20(13-16)30-4/h5-13H,1-4H3,(H2,23,24,25,26)/p-1. The van der Waals surface area contributed by atoms with Gasteiger partial charge in [-0.1, -0.05) is 11.2 Å². The number of hydrogen-bond acceptors (Lipinski definition) is 7. The number of aromatic nitrogens is 1. The quantitative estimate of drug-likeness (QED) is 0.500. The second-order valence-corrected chi connectivity index (χ2v) is 8.33. The molecule has 0 saturated carbocycles. The molecule has 3 rings (SSSR count). The highest BCUT2D eigenvalue weighted by Gasteiger charge is 2.10. The zero-order valence-electron chi connectivity index (χ0n) is 17.9. The Labute approximate surface area is 186 Å². The molecule has 0 bridgehead atoms. The first-order valence-corrected chi connectivity index (χ1v) is 10.9. The van der Waals surface area contributed by atoms with E-state index < -0.39 is 10.0 Å². The Kier molecular flexibility index (Phi) is 6.84. The summed E-state index contributed by atoms with van der Waals surface area (Å²) in [7, 11) is -0.910. The second kappa shape index (κ2) is 9.56. The Morgan fingerprint density at radius 1 is 1.06 bits per heavy atom. The summed E-state index contributed by atoms with van der Waals surface area (Å²) in [5.74, 6) is 0.699. The normalized spacial score (nSPS) is 11.4. The summed E-state index contributed by atoms with van der Waals surface area (Å²) < 4.78 is 44.0. The van der Waals surface area contributed by atoms with E-state index in [0.717, 1.165) is 5.56 Å². The highest BCUT2D eigenvalue weighted by molar-refractivity contribution is 7.94. The zero-order valence-corrected chi connectivity index (χ0v) is 18.8. The van der Waals surface area contributed by atoms with Gasteiger partial charge in [0.05, 0.1) is 30.7 Å². The zero-order chi connectivity index (χ0) is 23.3. The van der Waals surface area contributed by atoms with Crippen molar-refractivity contribution in [1.82, 2.24) is 5.16 Å². The van der Waals surface area contributed by atoms with E-state index in [4.69, 9.17) is 14.0 Å². The highest BCUT2D eigenvalue weighted by atomic mass is 32.2. The minimum atomic E-state index is -3.98. The third-order valence-electron chi connectivity index (χ3n) is 4.59. The Hall–Kier alpha value is -3.79. The number of amides is 1. The van der Waals surface area contributed by atoms with E-state index in [1.54, 1.807) is 45.2 Å². The lowest BCUT2D eigenvalue weighted by atomic mass is 10.2. The topological polar surface area (TPSA) is 122 Å². The van der Waals surface area contributed by atoms with Gasteiger partial charge in [0, 0.05) is 11.8 Å². The van der Waals surface area contributed by atoms with E-state index in [0.29, 0.717) is 28.4 Å². The minimum absolute atomic E-state index is 0.0372. The molecule has 1 aromatic heterocycles. The van der Waals surface area contributed by atoms with E-state index in [1.807, 2.05) is 0 Å². The summed E-state index contributed by atoms with van der Waals surface area (Å²) >= 11 is 0. The largest absolute Gasteiger partial charge is 0.539 e. The summed E-state index contributed by atoms with van der Waals surface area (Å²) in [5, 5.41) is 6.37. The van der Waals surface area contributed by atoms with Gasteiger partial charge in [0.15, 0.2) is 11.5 Å². The molecule has 3 aromatic rings. The van der Waals surface area contributed by atoms with Gasteiger partial charge in [-0.15, -0.1) is 0 Å². The van der Waals surface area contributed by atoms with Crippen molar-refractivity contribution in [3.8, 4) is 11.5 Å². The Bertz CT molecular complexity index is 1250. The number of hydrogen-bond donors (Lipinski definition) is 1. The average Bonchev–Trinajstić information content (AvgIpc) is 3.09. The van der Waals surface area contributed by atoms with E-state index in [1.165, 1.54) is 37.5 Å². The van der Waals surface area contributed by atoms with Gasteiger partial charge in [0.2, 0.25) is 5.91 Å². The van der Waals surface area contributed by atoms with Crippen LogP contribution in [0.5, 0.6) is 11.5 Å². The molecule has 0 aliphatic heterocycles. The maximum Gasteiger partial charge on any atom is 0.248 e. The number of nitrogens with zero attached hydrogens (tertiary/aromatic N) is 2. The number of ether oxygens (including phenoxy) is 2. The molecular weight excluding hydrogens is 434 g/mol. The van der Waals surface area contributed by atoms with Crippen molar-refractivity contribution in [3.05, 3.63) is 70.1 Å². The van der Waals surface area contributed by atoms with Gasteiger partial charge in [-0.3, -0.25) is 4.79 Å². The maximum atomic E-state index is 12.5. The first kappa shape index (κ1) is 22.9. The van der Waals surface area contributed by atoms with Gasteiger partial charge >= 0.3 is 0 Å². The van der Waals surface area contributed by atoms with Crippen molar-refractivity contribution >= 4 is 33.6 Å². The molecule has 1 heterocycles. The molecule has 0 radical (unpaired) electrons. The molecule has 9 nitrogen and oxygen atoms in total. The fourth-order valence-corrected chi connectivity index (χ4v) is 3.65. The molecule has 1 N–H and O–H groups in total. The van der Waals surface area contributed by atoms with Crippen LogP contribution in [0.1, 0.15) is 16.8 Å². The van der Waals surface area contributed by atoms with Gasteiger partial charge in [-0.2, -0.15) is 0 Å². The third kappa shape index (κ3) is 5.27. The molecule has 0 unspecified atom stereocenters. The van der Waals surface area contributed by atoms with Crippen molar-refractivity contribution in [2.24, 2.45) is 0 Å². The number of carbonyl (C=O) groups excluding carboxylic acids is 1. The van der Waals surface area contributed by atoms with Crippen molar-refractivity contribution in [2.45, 2.75) is 18.7 Å². The van der Waals surface area contributed by atoms with E-state index >= 15 is 0 Å². The van der Waals surface area contributed by atoms with Crippen molar-refractivity contribution < 1.29 is 27.2 Å². The Morgan fingerprint density at radius 2 is 1.75 bits per heavy atom. The molecule has 0 saturated heterocycles. The predicted octanol–water partition coefficient (Wildman–Crippen LogP) is 4.35. The lowest BCUT2D eigenvalue weighted by molar-refractivity contribution is -0.111. The summed E-state index contributed by atoms with van der Waals surface area (Å²) in [6.45, 7) is 3.37. The Morgan fingerprint density at radius 3 is 2.34 bits per heavy atom. The molecular formula is C22H22N3O6S-. The molecule has 0 aliphatic rings. The fraction of sp³-hybridized carbons (Fsp3) is 0.182. The summed E-state index contributed by atoms with van der Waals surface area (Å²) in [5.41, 5.74) is 2.30. The molecule has 0 fully saturated rings. The summed E-state index contributed by atoms with van der Waals surface area (Å²) in [4.78, 5) is 12.2. The number of anilines is 1. The van der Waals surface area contributed by atoms with Crippen LogP contribution in [0, 0.1) is 13.8 Å². The van der Waals surface area contributed by atoms with Crippen LogP contribution in [0.3, 0.4) is 0 Å². The van der Waals surface area contributed by atoms with Crippen LogP contribution < -0.4 is 14.8 Å². The number of nitrogens with one attached hydrogen (secondary N) is 1. The van der Waals surface area contributed by atoms with Crippen LogP contribution in [-0.2, 0) is 14.8 Å². The highest BCUT2D eigenvalue weighted by Crippen LogP contribution is 2.32. The van der Waals surface area contributed by atoms with E-state index in [-0.39, 0.29) is 16.7 Å². The number of aryl methyl sites for hydroxylation is 1. The van der Waals surface area contributed by atoms with Gasteiger partial charge < -0.3 is 24.0 Å². The van der Waals surface area contributed by atoms with Crippen LogP contribution in [-0.4, -0.2) is 33.7 Å². The molecule has 2 aromatic carbocycles. The number of benzene rings is 2. The Balaban J connectivity index is 1.65. The van der Waals surface area contributed by atoms with Gasteiger partial charge in [0.1, 0.15) is 10.0 Å². The monoisotopic (exact) mass is 456 g/mol. The first-order chi connectivity index (χ1) is 15.2. The summed E-state index contributed by atoms with van der Waals surface area (Å²) in [6.07, 6.45) is 2.98. The molecule has 0 atom stereocenters. The minimum Gasteiger partial charge on any atom is -0.539 e. The lowest BCUT2D eigenvalue weighted by Crippen LogP contribution is -2.08.